The number of thioether (sulfide) groups is 1. The molecule has 0 radical (unpaired) electrons. The fraction of sp³-hybridized carbons (Fsp3) is 0.600. The quantitative estimate of drug-likeness (QED) is 0.888. The van der Waals surface area contributed by atoms with Gasteiger partial charge in [-0.3, -0.25) is 0 Å². The van der Waals surface area contributed by atoms with E-state index >= 15 is 0 Å². The lowest BCUT2D eigenvalue weighted by Crippen LogP contribution is -2.27. The van der Waals surface area contributed by atoms with Crippen molar-refractivity contribution in [2.45, 2.75) is 31.7 Å². The second-order valence-electron chi connectivity index (χ2n) is 5.07. The van der Waals surface area contributed by atoms with Gasteiger partial charge in [-0.1, -0.05) is 18.2 Å². The molecule has 1 aliphatic heterocycles. The molecule has 2 nitrogen and oxygen atoms in total. The van der Waals surface area contributed by atoms with Crippen LogP contribution >= 0.6 is 11.8 Å². The summed E-state index contributed by atoms with van der Waals surface area (Å²) in [6.07, 6.45) is 4.75. The lowest BCUT2D eigenvalue weighted by Gasteiger charge is -2.24. The zero-order valence-electron chi connectivity index (χ0n) is 11.1. The smallest absolute Gasteiger partial charge is 0.122 e. The van der Waals surface area contributed by atoms with Crippen LogP contribution in [0.5, 0.6) is 5.75 Å². The molecule has 100 valence electrons. The van der Waals surface area contributed by atoms with Crippen molar-refractivity contribution in [2.24, 2.45) is 11.7 Å². The topological polar surface area (TPSA) is 35.2 Å². The Bertz CT molecular complexity index is 363. The summed E-state index contributed by atoms with van der Waals surface area (Å²) in [4.78, 5) is 0. The lowest BCUT2D eigenvalue weighted by molar-refractivity contribution is 0.390. The molecule has 1 aromatic carbocycles. The summed E-state index contributed by atoms with van der Waals surface area (Å²) < 4.78 is 5.38. The maximum Gasteiger partial charge on any atom is 0.122 e. The Morgan fingerprint density at radius 3 is 2.78 bits per heavy atom. The van der Waals surface area contributed by atoms with Crippen molar-refractivity contribution >= 4 is 11.8 Å². The molecule has 1 unspecified atom stereocenters. The molecule has 2 N–H and O–H groups in total. The first-order chi connectivity index (χ1) is 8.79. The van der Waals surface area contributed by atoms with Crippen LogP contribution in [0, 0.1) is 5.92 Å². The Labute approximate surface area is 114 Å². The van der Waals surface area contributed by atoms with Crippen LogP contribution in [0.25, 0.3) is 0 Å². The Morgan fingerprint density at radius 2 is 2.06 bits per heavy atom. The Morgan fingerprint density at radius 1 is 1.33 bits per heavy atom. The van der Waals surface area contributed by atoms with Gasteiger partial charge >= 0.3 is 0 Å². The lowest BCUT2D eigenvalue weighted by atomic mass is 9.91. The summed E-state index contributed by atoms with van der Waals surface area (Å²) in [7, 11) is 1.72. The molecule has 1 heterocycles. The van der Waals surface area contributed by atoms with E-state index in [9.17, 15) is 0 Å². The highest BCUT2D eigenvalue weighted by Crippen LogP contribution is 2.27. The van der Waals surface area contributed by atoms with Crippen LogP contribution in [0.1, 0.15) is 24.8 Å². The summed E-state index contributed by atoms with van der Waals surface area (Å²) in [6.45, 7) is 0. The number of nitrogens with two attached hydrogens (primary N) is 1. The van der Waals surface area contributed by atoms with E-state index in [0.717, 1.165) is 24.5 Å². The molecule has 1 aliphatic rings. The predicted octanol–water partition coefficient (Wildman–Crippen LogP) is 3.10. The van der Waals surface area contributed by atoms with Crippen molar-refractivity contribution in [1.29, 1.82) is 0 Å². The Kier molecular flexibility index (Phi) is 5.39. The second-order valence-corrected chi connectivity index (χ2v) is 6.29. The highest BCUT2D eigenvalue weighted by molar-refractivity contribution is 7.99. The highest BCUT2D eigenvalue weighted by atomic mass is 32.2. The first kappa shape index (κ1) is 13.8. The van der Waals surface area contributed by atoms with Crippen LogP contribution < -0.4 is 10.5 Å². The van der Waals surface area contributed by atoms with Crippen molar-refractivity contribution in [3.8, 4) is 5.75 Å². The SMILES string of the molecule is COc1ccccc1CC(N)CC1CCSCC1. The molecule has 1 aromatic rings. The first-order valence-electron chi connectivity index (χ1n) is 6.75. The zero-order valence-corrected chi connectivity index (χ0v) is 11.9. The van der Waals surface area contributed by atoms with Crippen LogP contribution in [0.3, 0.4) is 0 Å². The average Bonchev–Trinajstić information content (AvgIpc) is 2.40. The average molecular weight is 265 g/mol. The maximum atomic E-state index is 6.30. The summed E-state index contributed by atoms with van der Waals surface area (Å²) in [6, 6.07) is 8.46. The van der Waals surface area contributed by atoms with Gasteiger partial charge in [0.05, 0.1) is 7.11 Å². The van der Waals surface area contributed by atoms with Crippen LogP contribution in [0.2, 0.25) is 0 Å². The second kappa shape index (κ2) is 7.05. The largest absolute Gasteiger partial charge is 0.496 e. The van der Waals surface area contributed by atoms with Crippen molar-refractivity contribution in [3.05, 3.63) is 29.8 Å². The van der Waals surface area contributed by atoms with Gasteiger partial charge in [-0.15, -0.1) is 0 Å². The number of ether oxygens (including phenoxy) is 1. The van der Waals surface area contributed by atoms with Gasteiger partial charge < -0.3 is 10.5 Å². The molecular formula is C15H23NOS. The van der Waals surface area contributed by atoms with Crippen LogP contribution in [0.15, 0.2) is 24.3 Å². The van der Waals surface area contributed by atoms with Gasteiger partial charge in [0.25, 0.3) is 0 Å². The van der Waals surface area contributed by atoms with E-state index in [4.69, 9.17) is 10.5 Å². The van der Waals surface area contributed by atoms with Gasteiger partial charge in [-0.25, -0.2) is 0 Å². The van der Waals surface area contributed by atoms with Gasteiger partial charge in [0, 0.05) is 6.04 Å². The van der Waals surface area contributed by atoms with Crippen molar-refractivity contribution in [2.75, 3.05) is 18.6 Å². The number of para-hydroxylation sites is 1. The minimum Gasteiger partial charge on any atom is -0.496 e. The molecule has 1 fully saturated rings. The number of hydrogen-bond acceptors (Lipinski definition) is 3. The molecule has 18 heavy (non-hydrogen) atoms. The molecule has 1 atom stereocenters. The van der Waals surface area contributed by atoms with E-state index in [1.807, 2.05) is 12.1 Å². The third-order valence-electron chi connectivity index (χ3n) is 3.65. The highest BCUT2D eigenvalue weighted by Gasteiger charge is 2.18. The third kappa shape index (κ3) is 3.92. The predicted molar refractivity (Wildman–Crippen MR) is 79.3 cm³/mol. The van der Waals surface area contributed by atoms with Gasteiger partial charge in [0.1, 0.15) is 5.75 Å². The van der Waals surface area contributed by atoms with Crippen LogP contribution in [-0.4, -0.2) is 24.7 Å². The molecule has 3 heteroatoms. The van der Waals surface area contributed by atoms with E-state index in [0.29, 0.717) is 0 Å². The van der Waals surface area contributed by atoms with Crippen molar-refractivity contribution < 1.29 is 4.74 Å². The molecule has 0 aliphatic carbocycles. The fourth-order valence-corrected chi connectivity index (χ4v) is 3.85. The van der Waals surface area contributed by atoms with Gasteiger partial charge in [-0.2, -0.15) is 11.8 Å². The van der Waals surface area contributed by atoms with E-state index in [1.54, 1.807) is 7.11 Å². The molecule has 0 bridgehead atoms. The summed E-state index contributed by atoms with van der Waals surface area (Å²) >= 11 is 2.07. The molecule has 2 rings (SSSR count). The molecular weight excluding hydrogens is 242 g/mol. The summed E-state index contributed by atoms with van der Waals surface area (Å²) in [5, 5.41) is 0. The summed E-state index contributed by atoms with van der Waals surface area (Å²) in [5.74, 6) is 4.42. The van der Waals surface area contributed by atoms with E-state index < -0.39 is 0 Å². The monoisotopic (exact) mass is 265 g/mol. The van der Waals surface area contributed by atoms with Gasteiger partial charge in [0.2, 0.25) is 0 Å². The minimum absolute atomic E-state index is 0.259. The molecule has 0 aromatic heterocycles. The number of benzene rings is 1. The normalized spacial score (nSPS) is 18.6. The molecule has 1 saturated heterocycles. The Hall–Kier alpha value is -0.670. The number of hydrogen-bond donors (Lipinski definition) is 1. The number of rotatable bonds is 5. The molecule has 0 amide bonds. The van der Waals surface area contributed by atoms with Crippen LogP contribution in [0.4, 0.5) is 0 Å². The van der Waals surface area contributed by atoms with Crippen molar-refractivity contribution in [1.82, 2.24) is 0 Å². The fourth-order valence-electron chi connectivity index (χ4n) is 2.65. The first-order valence-corrected chi connectivity index (χ1v) is 7.90. The minimum atomic E-state index is 0.259. The van der Waals surface area contributed by atoms with Crippen molar-refractivity contribution in [3.63, 3.8) is 0 Å². The third-order valence-corrected chi connectivity index (χ3v) is 4.70. The standard InChI is InChI=1S/C15H23NOS/c1-17-15-5-3-2-4-13(15)11-14(16)10-12-6-8-18-9-7-12/h2-5,12,14H,6-11,16H2,1H3. The Balaban J connectivity index is 1.87. The molecule has 0 spiro atoms. The van der Waals surface area contributed by atoms with Gasteiger partial charge in [-0.05, 0) is 54.7 Å². The molecule has 0 saturated carbocycles. The van der Waals surface area contributed by atoms with E-state index in [-0.39, 0.29) is 6.04 Å². The van der Waals surface area contributed by atoms with Crippen LogP contribution in [-0.2, 0) is 6.42 Å². The summed E-state index contributed by atoms with van der Waals surface area (Å²) in [5.41, 5.74) is 7.53. The maximum absolute atomic E-state index is 6.30. The number of methoxy groups -OCH3 is 1. The van der Waals surface area contributed by atoms with Gasteiger partial charge in [0.15, 0.2) is 0 Å². The van der Waals surface area contributed by atoms with E-state index in [2.05, 4.69) is 23.9 Å². The van der Waals surface area contributed by atoms with E-state index in [1.165, 1.54) is 29.9 Å². The zero-order chi connectivity index (χ0) is 12.8.